The van der Waals surface area contributed by atoms with E-state index in [-0.39, 0.29) is 45.2 Å². The van der Waals surface area contributed by atoms with Crippen molar-refractivity contribution in [1.29, 1.82) is 0 Å². The number of rotatable bonds is 18. The zero-order valence-electron chi connectivity index (χ0n) is 29.3. The molecule has 1 fully saturated rings. The summed E-state index contributed by atoms with van der Waals surface area (Å²) in [6.45, 7) is 0.464. The predicted molar refractivity (Wildman–Crippen MR) is 187 cm³/mol. The Morgan fingerprint density at radius 3 is 1.85 bits per heavy atom. The van der Waals surface area contributed by atoms with Crippen molar-refractivity contribution < 1.29 is 41.9 Å². The highest BCUT2D eigenvalue weighted by Gasteiger charge is 2.41. The third-order valence-corrected chi connectivity index (χ3v) is 9.02. The number of nitrogens with one attached hydrogen (secondary N) is 3. The number of hydrogen-bond acceptors (Lipinski definition) is 9. The van der Waals surface area contributed by atoms with E-state index >= 15 is 0 Å². The number of nitrogens with zero attached hydrogens (tertiary/aromatic N) is 1. The van der Waals surface area contributed by atoms with Crippen LogP contribution in [0.15, 0.2) is 60.7 Å². The molecule has 9 N–H and O–H groups in total. The Hall–Kier alpha value is -4.54. The van der Waals surface area contributed by atoms with Crippen molar-refractivity contribution in [3.05, 3.63) is 71.8 Å². The number of benzene rings is 2. The molecule has 3 rings (SSSR count). The number of unbranched alkanes of at least 4 members (excludes halogenated alkanes) is 1. The van der Waals surface area contributed by atoms with Crippen LogP contribution in [0.25, 0.3) is 0 Å². The average Bonchev–Trinajstić information content (AvgIpc) is 3.12. The maximum Gasteiger partial charge on any atom is 0.389 e. The lowest BCUT2D eigenvalue weighted by molar-refractivity contribution is -0.151. The van der Waals surface area contributed by atoms with Gasteiger partial charge in [0, 0.05) is 25.9 Å². The molecule has 286 valence electrons. The molecule has 16 heteroatoms. The highest BCUT2D eigenvalue weighted by Crippen LogP contribution is 2.24. The monoisotopic (exact) mass is 733 g/mol. The normalized spacial score (nSPS) is 16.5. The third kappa shape index (κ3) is 13.2. The molecule has 1 aliphatic heterocycles. The Labute approximate surface area is 301 Å². The van der Waals surface area contributed by atoms with Gasteiger partial charge in [-0.15, -0.1) is 0 Å². The number of methoxy groups -OCH3 is 1. The Bertz CT molecular complexity index is 1470. The van der Waals surface area contributed by atoms with Gasteiger partial charge in [0.2, 0.25) is 23.6 Å². The van der Waals surface area contributed by atoms with Gasteiger partial charge in [-0.05, 0) is 62.6 Å². The molecule has 0 radical (unpaired) electrons. The van der Waals surface area contributed by atoms with E-state index in [2.05, 4.69) is 16.0 Å². The maximum atomic E-state index is 13.8. The van der Waals surface area contributed by atoms with Gasteiger partial charge in [0.15, 0.2) is 0 Å². The Balaban J connectivity index is 1.81. The first kappa shape index (κ1) is 41.9. The molecule has 1 aliphatic rings. The van der Waals surface area contributed by atoms with Crippen LogP contribution < -0.4 is 33.2 Å². The quantitative estimate of drug-likeness (QED) is 0.0959. The maximum absolute atomic E-state index is 13.8. The lowest BCUT2D eigenvalue weighted by Crippen LogP contribution is -2.61. The molecule has 1 saturated heterocycles. The van der Waals surface area contributed by atoms with Gasteiger partial charge >= 0.3 is 12.1 Å². The van der Waals surface area contributed by atoms with E-state index in [1.165, 1.54) is 12.0 Å². The number of piperidine rings is 1. The Kier molecular flexibility index (Phi) is 16.0. The number of esters is 1. The fraction of sp³-hybridized carbons (Fsp3) is 0.528. The summed E-state index contributed by atoms with van der Waals surface area (Å²) in [5.74, 6) is -3.71. The first-order chi connectivity index (χ1) is 24.7. The molecule has 13 nitrogen and oxygen atoms in total. The van der Waals surface area contributed by atoms with E-state index in [4.69, 9.17) is 21.9 Å². The van der Waals surface area contributed by atoms with Gasteiger partial charge in [0.05, 0.1) is 13.2 Å². The molecule has 0 aromatic heterocycles. The Morgan fingerprint density at radius 1 is 0.788 bits per heavy atom. The number of hydrogen-bond donors (Lipinski definition) is 6. The number of halogens is 3. The van der Waals surface area contributed by atoms with Crippen molar-refractivity contribution in [2.24, 2.45) is 17.2 Å². The molecule has 52 heavy (non-hydrogen) atoms. The molecule has 0 saturated carbocycles. The van der Waals surface area contributed by atoms with Gasteiger partial charge in [-0.1, -0.05) is 60.7 Å². The second-order valence-corrected chi connectivity index (χ2v) is 13.1. The minimum atomic E-state index is -4.66. The summed E-state index contributed by atoms with van der Waals surface area (Å²) in [6.07, 6.45) is -5.55. The molecular formula is C36H50F3N7O6. The number of nitrogens with two attached hydrogens (primary N) is 3. The van der Waals surface area contributed by atoms with Crippen molar-refractivity contribution in [1.82, 2.24) is 20.9 Å². The van der Waals surface area contributed by atoms with E-state index in [1.807, 2.05) is 6.07 Å². The first-order valence-electron chi connectivity index (χ1n) is 17.3. The second kappa shape index (κ2) is 19.9. The lowest BCUT2D eigenvalue weighted by atomic mass is 9.88. The SMILES string of the molecule is COC(=O)C1(N)CCN(C(=O)[C@@H](CCCCN)NC(=O)C(CCC(F)(F)F)NC(=O)[C@@H](Cc2ccccc2)NC(=O)[C@H](N)Cc2ccccc2)CC1. The summed E-state index contributed by atoms with van der Waals surface area (Å²) >= 11 is 0. The largest absolute Gasteiger partial charge is 0.468 e. The molecule has 1 unspecified atom stereocenters. The number of alkyl halides is 3. The van der Waals surface area contributed by atoms with Crippen LogP contribution >= 0.6 is 0 Å². The topological polar surface area (TPSA) is 212 Å². The molecule has 4 atom stereocenters. The van der Waals surface area contributed by atoms with Crippen molar-refractivity contribution in [3.8, 4) is 0 Å². The fourth-order valence-corrected chi connectivity index (χ4v) is 5.92. The number of carbonyl (C=O) groups excluding carboxylic acids is 5. The number of likely N-dealkylation sites (tertiary alicyclic amines) is 1. The summed E-state index contributed by atoms with van der Waals surface area (Å²) in [7, 11) is 1.21. The third-order valence-electron chi connectivity index (χ3n) is 9.02. The zero-order chi connectivity index (χ0) is 38.3. The fourth-order valence-electron chi connectivity index (χ4n) is 5.92. The van der Waals surface area contributed by atoms with E-state index < -0.39 is 78.3 Å². The lowest BCUT2D eigenvalue weighted by Gasteiger charge is -2.38. The molecule has 2 aromatic carbocycles. The van der Waals surface area contributed by atoms with Gasteiger partial charge in [0.1, 0.15) is 23.7 Å². The van der Waals surface area contributed by atoms with Crippen LogP contribution in [0.1, 0.15) is 56.1 Å². The summed E-state index contributed by atoms with van der Waals surface area (Å²) < 4.78 is 45.2. The summed E-state index contributed by atoms with van der Waals surface area (Å²) in [4.78, 5) is 67.9. The van der Waals surface area contributed by atoms with Gasteiger partial charge < -0.3 is 42.8 Å². The summed E-state index contributed by atoms with van der Waals surface area (Å²) in [6, 6.07) is 12.3. The van der Waals surface area contributed by atoms with Crippen molar-refractivity contribution in [3.63, 3.8) is 0 Å². The van der Waals surface area contributed by atoms with E-state index in [0.717, 1.165) is 5.56 Å². The standard InChI is InChI=1S/C36H50F3N7O6/c1-52-34(51)35(42)17-20-46(21-18-35)33(50)28(14-8-9-19-40)44-31(48)27(15-16-36(37,38)39)43-32(49)29(23-25-12-6-3-7-13-25)45-30(47)26(41)22-24-10-4-2-5-11-24/h2-7,10-13,26-29H,8-9,14-23,40-42H2,1H3,(H,43,49)(H,44,48)(H,45,47)/t26-,27?,28-,29-/m1/s1. The number of amides is 4. The average molecular weight is 734 g/mol. The van der Waals surface area contributed by atoms with Crippen molar-refractivity contribution in [2.45, 2.75) is 93.7 Å². The van der Waals surface area contributed by atoms with Crippen LogP contribution in [0.5, 0.6) is 0 Å². The first-order valence-corrected chi connectivity index (χ1v) is 17.3. The van der Waals surface area contributed by atoms with Gasteiger partial charge in [0.25, 0.3) is 0 Å². The van der Waals surface area contributed by atoms with Crippen molar-refractivity contribution in [2.75, 3.05) is 26.7 Å². The molecular weight excluding hydrogens is 683 g/mol. The molecule has 2 aromatic rings. The Morgan fingerprint density at radius 2 is 1.31 bits per heavy atom. The van der Waals surface area contributed by atoms with E-state index in [9.17, 15) is 37.1 Å². The summed E-state index contributed by atoms with van der Waals surface area (Å²) in [5, 5.41) is 7.58. The zero-order valence-corrected chi connectivity index (χ0v) is 29.3. The molecule has 0 bridgehead atoms. The van der Waals surface area contributed by atoms with Crippen LogP contribution in [0.2, 0.25) is 0 Å². The van der Waals surface area contributed by atoms with Crippen LogP contribution in [-0.4, -0.2) is 97.1 Å². The smallest absolute Gasteiger partial charge is 0.389 e. The molecule has 0 aliphatic carbocycles. The minimum absolute atomic E-state index is 0.0482. The van der Waals surface area contributed by atoms with Crippen LogP contribution in [-0.2, 0) is 41.6 Å². The predicted octanol–water partition coefficient (Wildman–Crippen LogP) is 1.22. The highest BCUT2D eigenvalue weighted by atomic mass is 19.4. The molecule has 4 amide bonds. The van der Waals surface area contributed by atoms with Crippen LogP contribution in [0.4, 0.5) is 13.2 Å². The molecule has 0 spiro atoms. The van der Waals surface area contributed by atoms with Crippen LogP contribution in [0, 0.1) is 0 Å². The van der Waals surface area contributed by atoms with E-state index in [1.54, 1.807) is 54.6 Å². The van der Waals surface area contributed by atoms with Gasteiger partial charge in [-0.2, -0.15) is 13.2 Å². The highest BCUT2D eigenvalue weighted by molar-refractivity contribution is 5.95. The van der Waals surface area contributed by atoms with Crippen LogP contribution in [0.3, 0.4) is 0 Å². The number of ether oxygens (including phenoxy) is 1. The number of carbonyl (C=O) groups is 5. The second-order valence-electron chi connectivity index (χ2n) is 13.1. The minimum Gasteiger partial charge on any atom is -0.468 e. The van der Waals surface area contributed by atoms with E-state index in [0.29, 0.717) is 24.9 Å². The summed E-state index contributed by atoms with van der Waals surface area (Å²) in [5.41, 5.74) is 18.1. The molecule has 1 heterocycles. The van der Waals surface area contributed by atoms with Gasteiger partial charge in [-0.25, -0.2) is 0 Å². The van der Waals surface area contributed by atoms with Gasteiger partial charge in [-0.3, -0.25) is 24.0 Å². The van der Waals surface area contributed by atoms with Crippen molar-refractivity contribution >= 4 is 29.6 Å².